The highest BCUT2D eigenvalue weighted by molar-refractivity contribution is 9.11. The Kier molecular flexibility index (Phi) is 5.64. The Morgan fingerprint density at radius 3 is 2.59 bits per heavy atom. The Morgan fingerprint density at radius 2 is 2.06 bits per heavy atom. The van der Waals surface area contributed by atoms with E-state index in [1.807, 2.05) is 13.8 Å². The van der Waals surface area contributed by atoms with Crippen LogP contribution in [0.5, 0.6) is 0 Å². The molecule has 0 aliphatic rings. The molecule has 0 fully saturated rings. The van der Waals surface area contributed by atoms with Crippen LogP contribution in [0.15, 0.2) is 15.9 Å². The molecule has 0 aromatic carbocycles. The lowest BCUT2D eigenvalue weighted by atomic mass is 10.2. The fourth-order valence-electron chi connectivity index (χ4n) is 1.06. The standard InChI is InChI=1S/C11H15BrN2O2S/c1-7(2)5-13-10(15)6-14-11(16)8-3-4-9(12)17-8/h3-4,7H,5-6H2,1-2H3,(H,13,15)(H,14,16). The summed E-state index contributed by atoms with van der Waals surface area (Å²) in [6.07, 6.45) is 0. The first-order valence-electron chi connectivity index (χ1n) is 5.29. The van der Waals surface area contributed by atoms with Crippen molar-refractivity contribution in [3.63, 3.8) is 0 Å². The van der Waals surface area contributed by atoms with Gasteiger partial charge in [-0.2, -0.15) is 0 Å². The third-order valence-electron chi connectivity index (χ3n) is 1.91. The topological polar surface area (TPSA) is 58.2 Å². The zero-order valence-corrected chi connectivity index (χ0v) is 12.2. The van der Waals surface area contributed by atoms with Crippen LogP contribution in [-0.2, 0) is 4.79 Å². The number of amides is 2. The molecule has 4 nitrogen and oxygen atoms in total. The van der Waals surface area contributed by atoms with E-state index < -0.39 is 0 Å². The summed E-state index contributed by atoms with van der Waals surface area (Å²) in [4.78, 5) is 23.5. The molecule has 0 saturated carbocycles. The van der Waals surface area contributed by atoms with E-state index in [0.29, 0.717) is 17.3 Å². The van der Waals surface area contributed by atoms with Crippen molar-refractivity contribution in [3.8, 4) is 0 Å². The van der Waals surface area contributed by atoms with Crippen LogP contribution in [0.4, 0.5) is 0 Å². The quantitative estimate of drug-likeness (QED) is 0.872. The van der Waals surface area contributed by atoms with Gasteiger partial charge in [-0.1, -0.05) is 13.8 Å². The van der Waals surface area contributed by atoms with Gasteiger partial charge in [-0.25, -0.2) is 0 Å². The summed E-state index contributed by atoms with van der Waals surface area (Å²) in [6.45, 7) is 4.67. The van der Waals surface area contributed by atoms with Gasteiger partial charge >= 0.3 is 0 Å². The number of rotatable bonds is 5. The van der Waals surface area contributed by atoms with Gasteiger partial charge in [0.05, 0.1) is 15.2 Å². The second-order valence-corrected chi connectivity index (χ2v) is 6.45. The number of halogens is 1. The first kappa shape index (κ1) is 14.2. The highest BCUT2D eigenvalue weighted by Crippen LogP contribution is 2.21. The lowest BCUT2D eigenvalue weighted by Gasteiger charge is -2.07. The van der Waals surface area contributed by atoms with Crippen molar-refractivity contribution in [2.75, 3.05) is 13.1 Å². The minimum Gasteiger partial charge on any atom is -0.354 e. The van der Waals surface area contributed by atoms with Crippen LogP contribution in [0.1, 0.15) is 23.5 Å². The number of carbonyl (C=O) groups is 2. The van der Waals surface area contributed by atoms with Crippen molar-refractivity contribution in [2.45, 2.75) is 13.8 Å². The maximum atomic E-state index is 11.6. The normalized spacial score (nSPS) is 10.4. The predicted molar refractivity (Wildman–Crippen MR) is 72.2 cm³/mol. The molecule has 17 heavy (non-hydrogen) atoms. The van der Waals surface area contributed by atoms with Crippen LogP contribution in [0.25, 0.3) is 0 Å². The van der Waals surface area contributed by atoms with Crippen LogP contribution in [-0.4, -0.2) is 24.9 Å². The summed E-state index contributed by atoms with van der Waals surface area (Å²) in [5, 5.41) is 5.31. The zero-order valence-electron chi connectivity index (χ0n) is 9.75. The molecule has 2 amide bonds. The fourth-order valence-corrected chi connectivity index (χ4v) is 2.37. The van der Waals surface area contributed by atoms with Gasteiger partial charge in [-0.3, -0.25) is 9.59 Å². The van der Waals surface area contributed by atoms with Gasteiger partial charge in [-0.15, -0.1) is 11.3 Å². The van der Waals surface area contributed by atoms with Gasteiger partial charge in [0.25, 0.3) is 5.91 Å². The summed E-state index contributed by atoms with van der Waals surface area (Å²) >= 11 is 4.62. The molecule has 1 heterocycles. The van der Waals surface area contributed by atoms with Crippen LogP contribution < -0.4 is 10.6 Å². The average Bonchev–Trinajstić information content (AvgIpc) is 2.70. The van der Waals surface area contributed by atoms with Gasteiger partial charge in [0.1, 0.15) is 0 Å². The maximum absolute atomic E-state index is 11.6. The average molecular weight is 319 g/mol. The third-order valence-corrected chi connectivity index (χ3v) is 3.54. The highest BCUT2D eigenvalue weighted by Gasteiger charge is 2.10. The maximum Gasteiger partial charge on any atom is 0.261 e. The lowest BCUT2D eigenvalue weighted by Crippen LogP contribution is -2.38. The van der Waals surface area contributed by atoms with Gasteiger partial charge in [0, 0.05) is 6.54 Å². The van der Waals surface area contributed by atoms with Crippen LogP contribution in [0, 0.1) is 5.92 Å². The summed E-state index contributed by atoms with van der Waals surface area (Å²) in [7, 11) is 0. The van der Waals surface area contributed by atoms with Crippen molar-refractivity contribution in [1.82, 2.24) is 10.6 Å². The SMILES string of the molecule is CC(C)CNC(=O)CNC(=O)c1ccc(Br)s1. The van der Waals surface area contributed by atoms with E-state index in [-0.39, 0.29) is 18.4 Å². The van der Waals surface area contributed by atoms with E-state index in [1.165, 1.54) is 11.3 Å². The highest BCUT2D eigenvalue weighted by atomic mass is 79.9. The molecule has 0 aliphatic carbocycles. The Morgan fingerprint density at radius 1 is 1.35 bits per heavy atom. The Labute approximate surface area is 113 Å². The van der Waals surface area contributed by atoms with Gasteiger partial charge in [0.15, 0.2) is 0 Å². The third kappa shape index (κ3) is 5.32. The van der Waals surface area contributed by atoms with Crippen molar-refractivity contribution >= 4 is 39.1 Å². The van der Waals surface area contributed by atoms with E-state index in [4.69, 9.17) is 0 Å². The van der Waals surface area contributed by atoms with Crippen molar-refractivity contribution in [1.29, 1.82) is 0 Å². The molecule has 94 valence electrons. The second-order valence-electron chi connectivity index (χ2n) is 3.98. The number of nitrogens with one attached hydrogen (secondary N) is 2. The largest absolute Gasteiger partial charge is 0.354 e. The van der Waals surface area contributed by atoms with Crippen molar-refractivity contribution < 1.29 is 9.59 Å². The van der Waals surface area contributed by atoms with E-state index in [1.54, 1.807) is 12.1 Å². The summed E-state index contributed by atoms with van der Waals surface area (Å²) in [5.74, 6) is 0.0194. The Bertz CT molecular complexity index is 404. The van der Waals surface area contributed by atoms with Crippen molar-refractivity contribution in [2.24, 2.45) is 5.92 Å². The predicted octanol–water partition coefficient (Wildman–Crippen LogP) is 2.01. The Hall–Kier alpha value is -0.880. The zero-order chi connectivity index (χ0) is 12.8. The molecule has 0 aliphatic heterocycles. The summed E-state index contributed by atoms with van der Waals surface area (Å²) in [6, 6.07) is 3.52. The monoisotopic (exact) mass is 318 g/mol. The lowest BCUT2D eigenvalue weighted by molar-refractivity contribution is -0.120. The minimum absolute atomic E-state index is 0.0150. The molecular formula is C11H15BrN2O2S. The molecule has 2 N–H and O–H groups in total. The molecule has 0 atom stereocenters. The van der Waals surface area contributed by atoms with Gasteiger partial charge < -0.3 is 10.6 Å². The van der Waals surface area contributed by atoms with Gasteiger partial charge in [-0.05, 0) is 34.0 Å². The molecule has 0 bridgehead atoms. The van der Waals surface area contributed by atoms with Crippen LogP contribution in [0.3, 0.4) is 0 Å². The van der Waals surface area contributed by atoms with Crippen LogP contribution in [0.2, 0.25) is 0 Å². The molecule has 1 rings (SSSR count). The van der Waals surface area contributed by atoms with E-state index in [2.05, 4.69) is 26.6 Å². The molecule has 6 heteroatoms. The minimum atomic E-state index is -0.222. The molecular weight excluding hydrogens is 304 g/mol. The number of hydrogen-bond acceptors (Lipinski definition) is 3. The Balaban J connectivity index is 2.31. The molecule has 1 aromatic rings. The molecule has 0 spiro atoms. The number of carbonyl (C=O) groups excluding carboxylic acids is 2. The first-order chi connectivity index (χ1) is 7.99. The summed E-state index contributed by atoms with van der Waals surface area (Å²) in [5.41, 5.74) is 0. The van der Waals surface area contributed by atoms with E-state index in [9.17, 15) is 9.59 Å². The number of hydrogen-bond donors (Lipinski definition) is 2. The first-order valence-corrected chi connectivity index (χ1v) is 6.90. The van der Waals surface area contributed by atoms with Crippen molar-refractivity contribution in [3.05, 3.63) is 20.8 Å². The summed E-state index contributed by atoms with van der Waals surface area (Å²) < 4.78 is 0.895. The fraction of sp³-hybridized carbons (Fsp3) is 0.455. The van der Waals surface area contributed by atoms with Crippen LogP contribution >= 0.6 is 27.3 Å². The number of thiophene rings is 1. The molecule has 1 aromatic heterocycles. The van der Waals surface area contributed by atoms with E-state index in [0.717, 1.165) is 3.79 Å². The smallest absolute Gasteiger partial charge is 0.261 e. The second kappa shape index (κ2) is 6.76. The van der Waals surface area contributed by atoms with E-state index >= 15 is 0 Å². The van der Waals surface area contributed by atoms with Gasteiger partial charge in [0.2, 0.25) is 5.91 Å². The molecule has 0 radical (unpaired) electrons. The molecule has 0 unspecified atom stereocenters. The molecule has 0 saturated heterocycles.